The highest BCUT2D eigenvalue weighted by Crippen LogP contribution is 2.27. The lowest BCUT2D eigenvalue weighted by Gasteiger charge is -2.34. The largest absolute Gasteiger partial charge is 0.370 e. The number of hydrogen-bond acceptors (Lipinski definition) is 6. The van der Waals surface area contributed by atoms with Crippen LogP contribution in [-0.4, -0.2) is 65.0 Å². The number of anilines is 1. The molecule has 7 heteroatoms. The van der Waals surface area contributed by atoms with E-state index in [-0.39, 0.29) is 5.91 Å². The van der Waals surface area contributed by atoms with E-state index in [0.717, 1.165) is 56.8 Å². The van der Waals surface area contributed by atoms with Crippen LogP contribution in [0.25, 0.3) is 11.2 Å². The first kappa shape index (κ1) is 18.5. The standard InChI is InChI=1S/C19H28N6O/c1-3-24(4-2)14-17(26)23-13-15-6-11-25(12-7-15)16-5-8-21-19-18(16)20-9-10-22-19/h5,8-10,15H,3-4,6-7,11-14H2,1-2H3,(H,23,26). The summed E-state index contributed by atoms with van der Waals surface area (Å²) in [5, 5.41) is 3.10. The van der Waals surface area contributed by atoms with Gasteiger partial charge in [-0.2, -0.15) is 0 Å². The molecule has 0 aliphatic carbocycles. The van der Waals surface area contributed by atoms with E-state index in [9.17, 15) is 4.79 Å². The van der Waals surface area contributed by atoms with Crippen LogP contribution in [0.1, 0.15) is 26.7 Å². The summed E-state index contributed by atoms with van der Waals surface area (Å²) >= 11 is 0. The maximum atomic E-state index is 12.1. The highest BCUT2D eigenvalue weighted by Gasteiger charge is 2.22. The van der Waals surface area contributed by atoms with E-state index >= 15 is 0 Å². The molecule has 0 aromatic carbocycles. The van der Waals surface area contributed by atoms with Gasteiger partial charge in [0.05, 0.1) is 12.2 Å². The highest BCUT2D eigenvalue weighted by atomic mass is 16.2. The predicted octanol–water partition coefficient (Wildman–Crippen LogP) is 1.70. The van der Waals surface area contributed by atoms with Crippen LogP contribution in [0.4, 0.5) is 5.69 Å². The lowest BCUT2D eigenvalue weighted by atomic mass is 9.96. The molecular formula is C19H28N6O. The Kier molecular flexibility index (Phi) is 6.33. The summed E-state index contributed by atoms with van der Waals surface area (Å²) in [6.07, 6.45) is 7.31. The van der Waals surface area contributed by atoms with Gasteiger partial charge in [0.15, 0.2) is 5.65 Å². The number of carbonyl (C=O) groups is 1. The number of piperidine rings is 1. The number of fused-ring (bicyclic) bond motifs is 1. The normalized spacial score (nSPS) is 15.6. The summed E-state index contributed by atoms with van der Waals surface area (Å²) in [7, 11) is 0. The topological polar surface area (TPSA) is 74.2 Å². The Morgan fingerprint density at radius 1 is 1.15 bits per heavy atom. The van der Waals surface area contributed by atoms with Crippen LogP contribution in [0.3, 0.4) is 0 Å². The zero-order valence-corrected chi connectivity index (χ0v) is 15.7. The Bertz CT molecular complexity index is 720. The van der Waals surface area contributed by atoms with Crippen molar-refractivity contribution >= 4 is 22.8 Å². The molecule has 0 radical (unpaired) electrons. The smallest absolute Gasteiger partial charge is 0.234 e. The molecular weight excluding hydrogens is 328 g/mol. The summed E-state index contributed by atoms with van der Waals surface area (Å²) in [5.41, 5.74) is 2.66. The van der Waals surface area contributed by atoms with Gasteiger partial charge in [-0.15, -0.1) is 0 Å². The van der Waals surface area contributed by atoms with E-state index in [0.29, 0.717) is 18.1 Å². The lowest BCUT2D eigenvalue weighted by molar-refractivity contribution is -0.122. The van der Waals surface area contributed by atoms with Crippen molar-refractivity contribution in [1.82, 2.24) is 25.2 Å². The van der Waals surface area contributed by atoms with E-state index in [1.54, 1.807) is 18.6 Å². The molecule has 0 atom stereocenters. The predicted molar refractivity (Wildman–Crippen MR) is 103 cm³/mol. The van der Waals surface area contributed by atoms with E-state index in [4.69, 9.17) is 0 Å². The molecule has 1 amide bonds. The first-order chi connectivity index (χ1) is 12.7. The minimum Gasteiger partial charge on any atom is -0.370 e. The summed E-state index contributed by atoms with van der Waals surface area (Å²) < 4.78 is 0. The Balaban J connectivity index is 1.51. The van der Waals surface area contributed by atoms with Gasteiger partial charge in [0.25, 0.3) is 0 Å². The molecule has 0 bridgehead atoms. The van der Waals surface area contributed by atoms with Crippen LogP contribution < -0.4 is 10.2 Å². The first-order valence-electron chi connectivity index (χ1n) is 9.51. The Labute approximate surface area is 154 Å². The monoisotopic (exact) mass is 356 g/mol. The Morgan fingerprint density at radius 3 is 2.58 bits per heavy atom. The van der Waals surface area contributed by atoms with E-state index < -0.39 is 0 Å². The quantitative estimate of drug-likeness (QED) is 0.814. The number of amides is 1. The van der Waals surface area contributed by atoms with Crippen molar-refractivity contribution in [3.63, 3.8) is 0 Å². The second kappa shape index (κ2) is 8.89. The summed E-state index contributed by atoms with van der Waals surface area (Å²) in [4.78, 5) is 29.6. The Hall–Kier alpha value is -2.28. The fourth-order valence-corrected chi connectivity index (χ4v) is 3.46. The third kappa shape index (κ3) is 4.46. The number of likely N-dealkylation sites (N-methyl/N-ethyl adjacent to an activating group) is 1. The average Bonchev–Trinajstić information content (AvgIpc) is 2.70. The molecule has 1 aliphatic rings. The molecule has 1 fully saturated rings. The number of hydrogen-bond donors (Lipinski definition) is 1. The second-order valence-electron chi connectivity index (χ2n) is 6.75. The SMILES string of the molecule is CCN(CC)CC(=O)NCC1CCN(c2ccnc3nccnc23)CC1. The molecule has 1 saturated heterocycles. The molecule has 140 valence electrons. The fourth-order valence-electron chi connectivity index (χ4n) is 3.46. The molecule has 0 unspecified atom stereocenters. The van der Waals surface area contributed by atoms with Crippen LogP contribution in [0.2, 0.25) is 0 Å². The maximum Gasteiger partial charge on any atom is 0.234 e. The third-order valence-electron chi connectivity index (χ3n) is 5.16. The van der Waals surface area contributed by atoms with Crippen LogP contribution in [-0.2, 0) is 4.79 Å². The molecule has 1 aliphatic heterocycles. The Morgan fingerprint density at radius 2 is 1.85 bits per heavy atom. The molecule has 26 heavy (non-hydrogen) atoms. The molecule has 0 spiro atoms. The number of pyridine rings is 1. The molecule has 3 heterocycles. The van der Waals surface area contributed by atoms with Crippen LogP contribution in [0.5, 0.6) is 0 Å². The van der Waals surface area contributed by atoms with Gasteiger partial charge in [0.1, 0.15) is 5.52 Å². The minimum absolute atomic E-state index is 0.131. The van der Waals surface area contributed by atoms with Crippen molar-refractivity contribution in [3.05, 3.63) is 24.7 Å². The molecule has 1 N–H and O–H groups in total. The van der Waals surface area contributed by atoms with Crippen molar-refractivity contribution in [3.8, 4) is 0 Å². The number of aromatic nitrogens is 3. The number of carbonyl (C=O) groups excluding carboxylic acids is 1. The molecule has 2 aromatic heterocycles. The van der Waals surface area contributed by atoms with Gasteiger partial charge >= 0.3 is 0 Å². The van der Waals surface area contributed by atoms with E-state index in [1.807, 2.05) is 6.07 Å². The van der Waals surface area contributed by atoms with Gasteiger partial charge < -0.3 is 10.2 Å². The number of rotatable bonds is 7. The fraction of sp³-hybridized carbons (Fsp3) is 0.579. The third-order valence-corrected chi connectivity index (χ3v) is 5.16. The summed E-state index contributed by atoms with van der Waals surface area (Å²) in [5.74, 6) is 0.664. The number of nitrogens with one attached hydrogen (secondary N) is 1. The zero-order valence-electron chi connectivity index (χ0n) is 15.7. The number of nitrogens with zero attached hydrogens (tertiary/aromatic N) is 5. The van der Waals surface area contributed by atoms with Crippen molar-refractivity contribution < 1.29 is 4.79 Å². The zero-order chi connectivity index (χ0) is 18.4. The minimum atomic E-state index is 0.131. The van der Waals surface area contributed by atoms with Gasteiger partial charge in [-0.3, -0.25) is 9.69 Å². The van der Waals surface area contributed by atoms with Crippen molar-refractivity contribution in [2.45, 2.75) is 26.7 Å². The van der Waals surface area contributed by atoms with Crippen molar-refractivity contribution in [2.75, 3.05) is 44.2 Å². The molecule has 0 saturated carbocycles. The second-order valence-corrected chi connectivity index (χ2v) is 6.75. The van der Waals surface area contributed by atoms with Gasteiger partial charge in [-0.25, -0.2) is 15.0 Å². The van der Waals surface area contributed by atoms with Crippen molar-refractivity contribution in [2.24, 2.45) is 5.92 Å². The van der Waals surface area contributed by atoms with Gasteiger partial charge in [-0.05, 0) is 37.9 Å². The van der Waals surface area contributed by atoms with Gasteiger partial charge in [0, 0.05) is 38.2 Å². The highest BCUT2D eigenvalue weighted by molar-refractivity contribution is 5.85. The average molecular weight is 356 g/mol. The lowest BCUT2D eigenvalue weighted by Crippen LogP contribution is -2.42. The van der Waals surface area contributed by atoms with Crippen LogP contribution in [0.15, 0.2) is 24.7 Å². The molecule has 7 nitrogen and oxygen atoms in total. The van der Waals surface area contributed by atoms with E-state index in [2.05, 4.69) is 43.9 Å². The van der Waals surface area contributed by atoms with E-state index in [1.165, 1.54) is 0 Å². The van der Waals surface area contributed by atoms with Crippen LogP contribution >= 0.6 is 0 Å². The van der Waals surface area contributed by atoms with Gasteiger partial charge in [-0.1, -0.05) is 13.8 Å². The maximum absolute atomic E-state index is 12.1. The van der Waals surface area contributed by atoms with Gasteiger partial charge in [0.2, 0.25) is 5.91 Å². The summed E-state index contributed by atoms with van der Waals surface area (Å²) in [6, 6.07) is 2.02. The molecule has 3 rings (SSSR count). The molecule has 2 aromatic rings. The van der Waals surface area contributed by atoms with Crippen LogP contribution in [0, 0.1) is 5.92 Å². The summed E-state index contributed by atoms with van der Waals surface area (Å²) in [6.45, 7) is 9.17. The van der Waals surface area contributed by atoms with Crippen molar-refractivity contribution in [1.29, 1.82) is 0 Å². The first-order valence-corrected chi connectivity index (χ1v) is 9.51.